The third-order valence-electron chi connectivity index (χ3n) is 5.87. The van der Waals surface area contributed by atoms with Gasteiger partial charge in [0.25, 0.3) is 0 Å². The number of aryl methyl sites for hydroxylation is 1. The molecule has 0 spiro atoms. The van der Waals surface area contributed by atoms with E-state index in [1.54, 1.807) is 0 Å². The van der Waals surface area contributed by atoms with E-state index in [1.807, 2.05) is 28.9 Å². The molecule has 2 aromatic rings. The van der Waals surface area contributed by atoms with Crippen molar-refractivity contribution in [2.75, 3.05) is 37.6 Å². The number of rotatable bonds is 3. The molecule has 6 nitrogen and oxygen atoms in total. The summed E-state index contributed by atoms with van der Waals surface area (Å²) in [4.78, 5) is 24.8. The monoisotopic (exact) mass is 367 g/mol. The van der Waals surface area contributed by atoms with E-state index in [1.165, 1.54) is 5.69 Å². The lowest BCUT2D eigenvalue weighted by Gasteiger charge is -2.42. The maximum atomic E-state index is 13.5. The molecular weight excluding hydrogens is 338 g/mol. The first-order chi connectivity index (χ1) is 13.1. The zero-order valence-electron chi connectivity index (χ0n) is 16.5. The summed E-state index contributed by atoms with van der Waals surface area (Å²) in [6.45, 7) is 8.53. The molecule has 0 bridgehead atoms. The Bertz CT molecular complexity index is 792. The van der Waals surface area contributed by atoms with Gasteiger partial charge in [-0.1, -0.05) is 18.2 Å². The Morgan fingerprint density at radius 1 is 1.07 bits per heavy atom. The predicted octanol–water partition coefficient (Wildman–Crippen LogP) is 2.08. The SMILES string of the molecule is CC(C)N1CCc2ncn(C)c2[C@H]1C(=O)N1CCN(c2ccccc2)CC1. The van der Waals surface area contributed by atoms with Crippen LogP contribution in [0.1, 0.15) is 31.3 Å². The van der Waals surface area contributed by atoms with Crippen LogP contribution in [0, 0.1) is 0 Å². The lowest BCUT2D eigenvalue weighted by atomic mass is 9.99. The van der Waals surface area contributed by atoms with Crippen molar-refractivity contribution in [1.29, 1.82) is 0 Å². The second-order valence-electron chi connectivity index (χ2n) is 7.82. The summed E-state index contributed by atoms with van der Waals surface area (Å²) in [6, 6.07) is 10.6. The minimum Gasteiger partial charge on any atom is -0.368 e. The molecule has 1 fully saturated rings. The van der Waals surface area contributed by atoms with Crippen molar-refractivity contribution >= 4 is 11.6 Å². The number of hydrogen-bond donors (Lipinski definition) is 0. The third-order valence-corrected chi connectivity index (χ3v) is 5.87. The Balaban J connectivity index is 1.52. The maximum Gasteiger partial charge on any atom is 0.246 e. The molecule has 4 rings (SSSR count). The fraction of sp³-hybridized carbons (Fsp3) is 0.524. The average molecular weight is 367 g/mol. The number of fused-ring (bicyclic) bond motifs is 1. The third kappa shape index (κ3) is 3.34. The molecule has 1 atom stereocenters. The fourth-order valence-electron chi connectivity index (χ4n) is 4.36. The van der Waals surface area contributed by atoms with Crippen molar-refractivity contribution in [1.82, 2.24) is 19.4 Å². The summed E-state index contributed by atoms with van der Waals surface area (Å²) in [5.74, 6) is 0.223. The lowest BCUT2D eigenvalue weighted by Crippen LogP contribution is -2.54. The van der Waals surface area contributed by atoms with Crippen LogP contribution in [0.4, 0.5) is 5.69 Å². The summed E-state index contributed by atoms with van der Waals surface area (Å²) >= 11 is 0. The van der Waals surface area contributed by atoms with Crippen molar-refractivity contribution in [2.24, 2.45) is 7.05 Å². The van der Waals surface area contributed by atoms with Crippen LogP contribution < -0.4 is 4.90 Å². The molecule has 0 N–H and O–H groups in total. The Morgan fingerprint density at radius 2 is 1.78 bits per heavy atom. The molecule has 3 heterocycles. The summed E-state index contributed by atoms with van der Waals surface area (Å²) in [6.07, 6.45) is 2.77. The molecule has 0 saturated carbocycles. The second-order valence-corrected chi connectivity index (χ2v) is 7.82. The molecule has 0 radical (unpaired) electrons. The standard InChI is InChI=1S/C21H29N5O/c1-16(2)26-10-9-18-19(23(3)15-22-18)20(26)21(27)25-13-11-24(12-14-25)17-7-5-4-6-8-17/h4-8,15-16,20H,9-14H2,1-3H3/t20-/m0/s1. The molecule has 0 aliphatic carbocycles. The number of nitrogens with zero attached hydrogens (tertiary/aromatic N) is 5. The minimum absolute atomic E-state index is 0.218. The minimum atomic E-state index is -0.218. The number of imidazole rings is 1. The molecular formula is C21H29N5O. The zero-order chi connectivity index (χ0) is 19.0. The van der Waals surface area contributed by atoms with Gasteiger partial charge in [-0.2, -0.15) is 0 Å². The van der Waals surface area contributed by atoms with Crippen LogP contribution in [0.2, 0.25) is 0 Å². The van der Waals surface area contributed by atoms with E-state index in [0.29, 0.717) is 6.04 Å². The Kier molecular flexibility index (Phi) is 4.91. The number of anilines is 1. The van der Waals surface area contributed by atoms with Crippen molar-refractivity contribution in [3.63, 3.8) is 0 Å². The van der Waals surface area contributed by atoms with Crippen LogP contribution >= 0.6 is 0 Å². The lowest BCUT2D eigenvalue weighted by molar-refractivity contribution is -0.139. The van der Waals surface area contributed by atoms with Crippen LogP contribution in [0.5, 0.6) is 0 Å². The molecule has 1 saturated heterocycles. The fourth-order valence-corrected chi connectivity index (χ4v) is 4.36. The van der Waals surface area contributed by atoms with E-state index in [9.17, 15) is 4.79 Å². The maximum absolute atomic E-state index is 13.5. The van der Waals surface area contributed by atoms with Gasteiger partial charge in [0.05, 0.1) is 17.7 Å². The van der Waals surface area contributed by atoms with Crippen molar-refractivity contribution in [2.45, 2.75) is 32.4 Å². The number of aromatic nitrogens is 2. The van der Waals surface area contributed by atoms with Gasteiger partial charge in [-0.3, -0.25) is 9.69 Å². The molecule has 0 unspecified atom stereocenters. The van der Waals surface area contributed by atoms with Crippen molar-refractivity contribution < 1.29 is 4.79 Å². The Morgan fingerprint density at radius 3 is 2.44 bits per heavy atom. The highest BCUT2D eigenvalue weighted by molar-refractivity contribution is 5.84. The summed E-state index contributed by atoms with van der Waals surface area (Å²) in [7, 11) is 2.00. The molecule has 27 heavy (non-hydrogen) atoms. The van der Waals surface area contributed by atoms with Gasteiger partial charge in [0, 0.05) is 57.9 Å². The molecule has 1 aromatic carbocycles. The number of amides is 1. The van der Waals surface area contributed by atoms with Crippen molar-refractivity contribution in [3.05, 3.63) is 48.0 Å². The Hall–Kier alpha value is -2.34. The van der Waals surface area contributed by atoms with Gasteiger partial charge in [0.15, 0.2) is 0 Å². The van der Waals surface area contributed by atoms with Gasteiger partial charge < -0.3 is 14.4 Å². The van der Waals surface area contributed by atoms with Gasteiger partial charge >= 0.3 is 0 Å². The number of piperazine rings is 1. The van der Waals surface area contributed by atoms with E-state index in [0.717, 1.165) is 50.5 Å². The summed E-state index contributed by atoms with van der Waals surface area (Å²) < 4.78 is 2.03. The molecule has 1 aromatic heterocycles. The molecule has 144 valence electrons. The molecule has 2 aliphatic rings. The largest absolute Gasteiger partial charge is 0.368 e. The number of carbonyl (C=O) groups excluding carboxylic acids is 1. The number of benzene rings is 1. The first kappa shape index (κ1) is 18.0. The zero-order valence-corrected chi connectivity index (χ0v) is 16.5. The van der Waals surface area contributed by atoms with Crippen LogP contribution in [0.15, 0.2) is 36.7 Å². The number of carbonyl (C=O) groups is 1. The van der Waals surface area contributed by atoms with Crippen LogP contribution in [-0.4, -0.2) is 64.0 Å². The average Bonchev–Trinajstić information content (AvgIpc) is 3.08. The van der Waals surface area contributed by atoms with Gasteiger partial charge in [-0.05, 0) is 26.0 Å². The second kappa shape index (κ2) is 7.35. The highest BCUT2D eigenvalue weighted by Crippen LogP contribution is 2.32. The van der Waals surface area contributed by atoms with E-state index in [4.69, 9.17) is 0 Å². The first-order valence-corrected chi connectivity index (χ1v) is 9.91. The highest BCUT2D eigenvalue weighted by Gasteiger charge is 2.40. The van der Waals surface area contributed by atoms with Gasteiger partial charge in [-0.15, -0.1) is 0 Å². The molecule has 6 heteroatoms. The quantitative estimate of drug-likeness (QED) is 0.833. The Labute approximate surface area is 161 Å². The van der Waals surface area contributed by atoms with Crippen LogP contribution in [0.25, 0.3) is 0 Å². The van der Waals surface area contributed by atoms with Crippen LogP contribution in [0.3, 0.4) is 0 Å². The number of para-hydroxylation sites is 1. The van der Waals surface area contributed by atoms with Crippen molar-refractivity contribution in [3.8, 4) is 0 Å². The normalized spacial score (nSPS) is 20.8. The first-order valence-electron chi connectivity index (χ1n) is 9.91. The summed E-state index contributed by atoms with van der Waals surface area (Å²) in [5, 5.41) is 0. The van der Waals surface area contributed by atoms with Gasteiger partial charge in [0.2, 0.25) is 5.91 Å². The molecule has 2 aliphatic heterocycles. The highest BCUT2D eigenvalue weighted by atomic mass is 16.2. The smallest absolute Gasteiger partial charge is 0.246 e. The predicted molar refractivity (Wildman–Crippen MR) is 107 cm³/mol. The van der Waals surface area contributed by atoms with E-state index < -0.39 is 0 Å². The van der Waals surface area contributed by atoms with Crippen LogP contribution in [-0.2, 0) is 18.3 Å². The van der Waals surface area contributed by atoms with E-state index in [-0.39, 0.29) is 11.9 Å². The van der Waals surface area contributed by atoms with Gasteiger partial charge in [-0.25, -0.2) is 4.98 Å². The topological polar surface area (TPSA) is 44.6 Å². The van der Waals surface area contributed by atoms with E-state index >= 15 is 0 Å². The summed E-state index contributed by atoms with van der Waals surface area (Å²) in [5.41, 5.74) is 3.39. The molecule has 1 amide bonds. The van der Waals surface area contributed by atoms with E-state index in [2.05, 4.69) is 52.9 Å². The number of hydrogen-bond acceptors (Lipinski definition) is 4. The van der Waals surface area contributed by atoms with Gasteiger partial charge in [0.1, 0.15) is 6.04 Å².